The van der Waals surface area contributed by atoms with E-state index in [1.165, 1.54) is 20.3 Å². The number of anilines is 1. The highest BCUT2D eigenvalue weighted by Gasteiger charge is 2.23. The van der Waals surface area contributed by atoms with E-state index >= 15 is 0 Å². The van der Waals surface area contributed by atoms with E-state index in [-0.39, 0.29) is 28.5 Å². The van der Waals surface area contributed by atoms with Crippen LogP contribution < -0.4 is 15.2 Å². The molecule has 0 bridgehead atoms. The maximum absolute atomic E-state index is 10.6. The lowest BCUT2D eigenvalue weighted by Crippen LogP contribution is -2.03. The van der Waals surface area contributed by atoms with Crippen LogP contribution in [-0.2, 0) is 0 Å². The van der Waals surface area contributed by atoms with Gasteiger partial charge in [0, 0.05) is 18.2 Å². The minimum Gasteiger partial charge on any atom is -0.504 e. The van der Waals surface area contributed by atoms with Gasteiger partial charge in [0.05, 0.1) is 36.5 Å². The molecule has 0 aromatic heterocycles. The van der Waals surface area contributed by atoms with E-state index in [0.717, 1.165) is 18.2 Å². The van der Waals surface area contributed by atoms with Crippen molar-refractivity contribution in [2.24, 2.45) is 0 Å². The summed E-state index contributed by atoms with van der Waals surface area (Å²) in [7, 11) is 2.56. The molecule has 0 unspecified atom stereocenters. The molecule has 0 saturated carbocycles. The van der Waals surface area contributed by atoms with E-state index in [2.05, 4.69) is 4.74 Å². The number of nitrogen functional groups attached to an aromatic ring is 1. The molecule has 0 aliphatic heterocycles. The summed E-state index contributed by atoms with van der Waals surface area (Å²) in [6, 6.07) is 3.95. The lowest BCUT2D eigenvalue weighted by molar-refractivity contribution is -0.385. The Labute approximate surface area is 157 Å². The molecule has 6 N–H and O–H groups in total. The summed E-state index contributed by atoms with van der Waals surface area (Å²) >= 11 is 0. The molecule has 0 amide bonds. The Bertz CT molecular complexity index is 926. The molecule has 0 radical (unpaired) electrons. The Morgan fingerprint density at radius 2 is 1.36 bits per heavy atom. The van der Waals surface area contributed by atoms with E-state index in [0.29, 0.717) is 0 Å². The standard InChI is InChI=1S/C8H7NO6.C8H9NO4/c1-15-7-3-5(9(13)14)4(8(11)12)2-6(7)10;1-13-7-3-5(9)4(8(11)12)2-6(7)10/h2-3,10H,1H3,(H,11,12);2-3,10H,9H2,1H3,(H,11,12). The number of phenolic OH excluding ortho intramolecular Hbond substituents is 2. The molecule has 12 heteroatoms. The largest absolute Gasteiger partial charge is 0.504 e. The molecule has 28 heavy (non-hydrogen) atoms. The average molecular weight is 396 g/mol. The predicted molar refractivity (Wildman–Crippen MR) is 94.3 cm³/mol. The molecule has 12 nitrogen and oxygen atoms in total. The van der Waals surface area contributed by atoms with E-state index in [1.54, 1.807) is 0 Å². The smallest absolute Gasteiger partial charge is 0.342 e. The third-order valence-corrected chi connectivity index (χ3v) is 3.31. The quantitative estimate of drug-likeness (QED) is 0.213. The van der Waals surface area contributed by atoms with Gasteiger partial charge in [0.15, 0.2) is 23.0 Å². The molecule has 0 aliphatic rings. The van der Waals surface area contributed by atoms with Gasteiger partial charge in [-0.25, -0.2) is 9.59 Å². The van der Waals surface area contributed by atoms with Gasteiger partial charge < -0.3 is 35.6 Å². The van der Waals surface area contributed by atoms with E-state index in [1.807, 2.05) is 0 Å². The van der Waals surface area contributed by atoms with Gasteiger partial charge in [-0.2, -0.15) is 0 Å². The second-order valence-corrected chi connectivity index (χ2v) is 5.02. The number of nitrogens with zero attached hydrogens (tertiary/aromatic N) is 1. The number of aromatic carboxylic acids is 2. The summed E-state index contributed by atoms with van der Waals surface area (Å²) in [6.07, 6.45) is 0. The van der Waals surface area contributed by atoms with Crippen LogP contribution in [0, 0.1) is 10.1 Å². The van der Waals surface area contributed by atoms with Crippen molar-refractivity contribution in [3.05, 3.63) is 45.5 Å². The summed E-state index contributed by atoms with van der Waals surface area (Å²) in [5, 5.41) is 46.2. The molecular weight excluding hydrogens is 380 g/mol. The second-order valence-electron chi connectivity index (χ2n) is 5.02. The van der Waals surface area contributed by atoms with Crippen molar-refractivity contribution in [3.63, 3.8) is 0 Å². The molecular formula is C16H16N2O10. The Morgan fingerprint density at radius 1 is 0.929 bits per heavy atom. The number of carboxylic acids is 2. The van der Waals surface area contributed by atoms with Crippen LogP contribution in [0.5, 0.6) is 23.0 Å². The summed E-state index contributed by atoms with van der Waals surface area (Å²) in [5.41, 5.74) is 4.10. The lowest BCUT2D eigenvalue weighted by Gasteiger charge is -2.06. The van der Waals surface area contributed by atoms with Crippen LogP contribution in [-0.4, -0.2) is 51.5 Å². The van der Waals surface area contributed by atoms with Gasteiger partial charge in [0.25, 0.3) is 5.69 Å². The third-order valence-electron chi connectivity index (χ3n) is 3.31. The van der Waals surface area contributed by atoms with Crippen molar-refractivity contribution in [2.75, 3.05) is 20.0 Å². The number of hydrogen-bond acceptors (Lipinski definition) is 9. The molecule has 0 heterocycles. The zero-order valence-corrected chi connectivity index (χ0v) is 14.6. The number of benzene rings is 2. The Morgan fingerprint density at radius 3 is 1.75 bits per heavy atom. The molecule has 2 aromatic carbocycles. The number of methoxy groups -OCH3 is 2. The van der Waals surface area contributed by atoms with Crippen LogP contribution in [0.2, 0.25) is 0 Å². The first-order chi connectivity index (χ1) is 13.0. The van der Waals surface area contributed by atoms with Gasteiger partial charge in [0.2, 0.25) is 0 Å². The van der Waals surface area contributed by atoms with Crippen LogP contribution >= 0.6 is 0 Å². The molecule has 0 saturated heterocycles. The summed E-state index contributed by atoms with van der Waals surface area (Å²) in [4.78, 5) is 30.8. The minimum absolute atomic E-state index is 0.0575. The van der Waals surface area contributed by atoms with E-state index in [9.17, 15) is 29.9 Å². The predicted octanol–water partition coefficient (Wildman–Crippen LogP) is 1.69. The van der Waals surface area contributed by atoms with Gasteiger partial charge in [-0.3, -0.25) is 10.1 Å². The fraction of sp³-hybridized carbons (Fsp3) is 0.125. The van der Waals surface area contributed by atoms with Crippen molar-refractivity contribution >= 4 is 23.3 Å². The van der Waals surface area contributed by atoms with Gasteiger partial charge in [-0.15, -0.1) is 0 Å². The summed E-state index contributed by atoms with van der Waals surface area (Å²) in [5.74, 6) is -3.36. The average Bonchev–Trinajstić information content (AvgIpc) is 2.62. The molecule has 0 atom stereocenters. The Kier molecular flexibility index (Phi) is 6.96. The number of phenols is 2. The number of carboxylic acid groups (broad SMARTS) is 2. The zero-order chi connectivity index (χ0) is 21.6. The number of nitro groups is 1. The van der Waals surface area contributed by atoms with Crippen molar-refractivity contribution in [2.45, 2.75) is 0 Å². The highest BCUT2D eigenvalue weighted by atomic mass is 16.6. The maximum Gasteiger partial charge on any atom is 0.342 e. The Balaban J connectivity index is 0.000000283. The number of carbonyl (C=O) groups is 2. The number of aromatic hydroxyl groups is 2. The van der Waals surface area contributed by atoms with E-state index < -0.39 is 33.9 Å². The van der Waals surface area contributed by atoms with Gasteiger partial charge in [0.1, 0.15) is 5.56 Å². The molecule has 150 valence electrons. The van der Waals surface area contributed by atoms with Crippen LogP contribution in [0.25, 0.3) is 0 Å². The first kappa shape index (κ1) is 21.8. The monoisotopic (exact) mass is 396 g/mol. The van der Waals surface area contributed by atoms with Gasteiger partial charge in [-0.1, -0.05) is 0 Å². The first-order valence-electron chi connectivity index (χ1n) is 7.21. The fourth-order valence-corrected chi connectivity index (χ4v) is 1.98. The van der Waals surface area contributed by atoms with Crippen LogP contribution in [0.15, 0.2) is 24.3 Å². The van der Waals surface area contributed by atoms with E-state index in [4.69, 9.17) is 20.7 Å². The highest BCUT2D eigenvalue weighted by molar-refractivity contribution is 5.95. The molecule has 0 fully saturated rings. The van der Waals surface area contributed by atoms with Crippen molar-refractivity contribution < 1.29 is 44.4 Å². The zero-order valence-electron chi connectivity index (χ0n) is 14.6. The minimum atomic E-state index is -1.49. The topological polar surface area (TPSA) is 203 Å². The van der Waals surface area contributed by atoms with Gasteiger partial charge in [-0.05, 0) is 0 Å². The van der Waals surface area contributed by atoms with Crippen molar-refractivity contribution in [1.82, 2.24) is 0 Å². The SMILES string of the molecule is COc1cc(N)c(C(=O)O)cc1O.COc1cc([N+](=O)[O-])c(C(=O)O)cc1O. The second kappa shape index (κ2) is 8.93. The van der Waals surface area contributed by atoms with Crippen LogP contribution in [0.4, 0.5) is 11.4 Å². The third kappa shape index (κ3) is 4.91. The molecule has 0 aliphatic carbocycles. The highest BCUT2D eigenvalue weighted by Crippen LogP contribution is 2.33. The maximum atomic E-state index is 10.6. The molecule has 0 spiro atoms. The Hall–Kier alpha value is -4.22. The van der Waals surface area contributed by atoms with Crippen LogP contribution in [0.1, 0.15) is 20.7 Å². The van der Waals surface area contributed by atoms with Crippen molar-refractivity contribution in [1.29, 1.82) is 0 Å². The summed E-state index contributed by atoms with van der Waals surface area (Å²) < 4.78 is 9.36. The lowest BCUT2D eigenvalue weighted by atomic mass is 10.1. The number of rotatable bonds is 5. The number of ether oxygens (including phenoxy) is 2. The number of nitro benzene ring substituents is 1. The molecule has 2 rings (SSSR count). The summed E-state index contributed by atoms with van der Waals surface area (Å²) in [6.45, 7) is 0. The van der Waals surface area contributed by atoms with Crippen molar-refractivity contribution in [3.8, 4) is 23.0 Å². The normalized spacial score (nSPS) is 9.64. The first-order valence-corrected chi connectivity index (χ1v) is 7.21. The molecule has 2 aromatic rings. The fourth-order valence-electron chi connectivity index (χ4n) is 1.98. The van der Waals surface area contributed by atoms with Gasteiger partial charge >= 0.3 is 11.9 Å². The number of hydrogen-bond donors (Lipinski definition) is 5. The van der Waals surface area contributed by atoms with Crippen LogP contribution in [0.3, 0.4) is 0 Å². The number of nitrogens with two attached hydrogens (primary N) is 1.